The molecule has 0 aliphatic heterocycles. The molecule has 22 heavy (non-hydrogen) atoms. The van der Waals surface area contributed by atoms with Crippen LogP contribution in [0.3, 0.4) is 0 Å². The maximum absolute atomic E-state index is 10.6. The van der Waals surface area contributed by atoms with E-state index in [-0.39, 0.29) is 6.61 Å². The van der Waals surface area contributed by atoms with E-state index in [1.54, 1.807) is 12.4 Å². The minimum atomic E-state index is -0.986. The summed E-state index contributed by atoms with van der Waals surface area (Å²) in [7, 11) is 0. The number of nitrogens with zero attached hydrogens (tertiary/aromatic N) is 2. The molecule has 0 atom stereocenters. The van der Waals surface area contributed by atoms with Crippen LogP contribution in [0, 0.1) is 0 Å². The molecule has 0 unspecified atom stereocenters. The number of nitrogens with one attached hydrogen (secondary N) is 1. The van der Waals surface area contributed by atoms with Gasteiger partial charge in [-0.1, -0.05) is 18.2 Å². The molecule has 0 aliphatic rings. The Labute approximate surface area is 128 Å². The standard InChI is InChI=1S/C16H17N3O3/c20-8-2-7-18-15-11-17-10-14(19-15)13-4-1-3-12(9-13)5-6-16(21)22/h1,3-6,9-11,20H,2,7-8H2,(H,18,19)(H,21,22). The van der Waals surface area contributed by atoms with Crippen molar-refractivity contribution in [3.63, 3.8) is 0 Å². The number of benzene rings is 1. The minimum absolute atomic E-state index is 0.123. The Morgan fingerprint density at radius 1 is 1.32 bits per heavy atom. The molecular weight excluding hydrogens is 282 g/mol. The lowest BCUT2D eigenvalue weighted by atomic mass is 10.1. The van der Waals surface area contributed by atoms with Crippen molar-refractivity contribution in [2.24, 2.45) is 0 Å². The smallest absolute Gasteiger partial charge is 0.328 e. The molecule has 0 saturated carbocycles. The van der Waals surface area contributed by atoms with Gasteiger partial charge in [0.1, 0.15) is 5.82 Å². The van der Waals surface area contributed by atoms with E-state index in [0.29, 0.717) is 24.5 Å². The highest BCUT2D eigenvalue weighted by molar-refractivity contribution is 5.85. The van der Waals surface area contributed by atoms with E-state index < -0.39 is 5.97 Å². The summed E-state index contributed by atoms with van der Waals surface area (Å²) in [5, 5.41) is 20.5. The van der Waals surface area contributed by atoms with Gasteiger partial charge in [-0.05, 0) is 24.1 Å². The van der Waals surface area contributed by atoms with Crippen LogP contribution in [0.2, 0.25) is 0 Å². The molecule has 0 fully saturated rings. The van der Waals surface area contributed by atoms with Gasteiger partial charge in [0.25, 0.3) is 0 Å². The maximum atomic E-state index is 10.6. The molecule has 3 N–H and O–H groups in total. The highest BCUT2D eigenvalue weighted by atomic mass is 16.4. The Morgan fingerprint density at radius 3 is 2.95 bits per heavy atom. The van der Waals surface area contributed by atoms with Crippen molar-refractivity contribution in [2.75, 3.05) is 18.5 Å². The summed E-state index contributed by atoms with van der Waals surface area (Å²) in [4.78, 5) is 19.2. The highest BCUT2D eigenvalue weighted by Gasteiger charge is 2.02. The SMILES string of the molecule is O=C(O)C=Cc1cccc(-c2cncc(NCCCO)n2)c1. The first kappa shape index (κ1) is 15.7. The first-order valence-electron chi connectivity index (χ1n) is 6.87. The Hall–Kier alpha value is -2.73. The molecule has 0 bridgehead atoms. The highest BCUT2D eigenvalue weighted by Crippen LogP contribution is 2.19. The van der Waals surface area contributed by atoms with Gasteiger partial charge >= 0.3 is 5.97 Å². The van der Waals surface area contributed by atoms with E-state index in [2.05, 4.69) is 15.3 Å². The van der Waals surface area contributed by atoms with Gasteiger partial charge in [0, 0.05) is 24.8 Å². The molecule has 1 aromatic heterocycles. The predicted molar refractivity (Wildman–Crippen MR) is 84.3 cm³/mol. The lowest BCUT2D eigenvalue weighted by Crippen LogP contribution is -2.05. The zero-order valence-corrected chi connectivity index (χ0v) is 11.9. The van der Waals surface area contributed by atoms with Crippen molar-refractivity contribution in [2.45, 2.75) is 6.42 Å². The molecule has 0 radical (unpaired) electrons. The van der Waals surface area contributed by atoms with Crippen LogP contribution in [0.4, 0.5) is 5.82 Å². The summed E-state index contributed by atoms with van der Waals surface area (Å²) in [6.07, 6.45) is 6.54. The fourth-order valence-corrected chi connectivity index (χ4v) is 1.85. The minimum Gasteiger partial charge on any atom is -0.478 e. The first-order chi connectivity index (χ1) is 10.7. The van der Waals surface area contributed by atoms with Crippen molar-refractivity contribution >= 4 is 17.9 Å². The quantitative estimate of drug-likeness (QED) is 0.535. The fourth-order valence-electron chi connectivity index (χ4n) is 1.85. The summed E-state index contributed by atoms with van der Waals surface area (Å²) in [5.74, 6) is -0.349. The van der Waals surface area contributed by atoms with Gasteiger partial charge in [0.05, 0.1) is 18.1 Å². The van der Waals surface area contributed by atoms with Crippen LogP contribution in [0.15, 0.2) is 42.7 Å². The maximum Gasteiger partial charge on any atom is 0.328 e. The topological polar surface area (TPSA) is 95.3 Å². The van der Waals surface area contributed by atoms with Gasteiger partial charge in [0.2, 0.25) is 0 Å². The fraction of sp³-hybridized carbons (Fsp3) is 0.188. The molecule has 0 saturated heterocycles. The van der Waals surface area contributed by atoms with Gasteiger partial charge < -0.3 is 15.5 Å². The molecule has 6 nitrogen and oxygen atoms in total. The summed E-state index contributed by atoms with van der Waals surface area (Å²) in [5.41, 5.74) is 2.32. The zero-order chi connectivity index (χ0) is 15.8. The summed E-state index contributed by atoms with van der Waals surface area (Å²) in [6, 6.07) is 7.39. The van der Waals surface area contributed by atoms with Crippen LogP contribution in [0.1, 0.15) is 12.0 Å². The number of carboxylic acid groups (broad SMARTS) is 1. The van der Waals surface area contributed by atoms with Crippen molar-refractivity contribution in [1.82, 2.24) is 9.97 Å². The lowest BCUT2D eigenvalue weighted by molar-refractivity contribution is -0.131. The van der Waals surface area contributed by atoms with Gasteiger partial charge in [0.15, 0.2) is 0 Å². The third kappa shape index (κ3) is 4.68. The Balaban J connectivity index is 2.19. The number of hydrogen-bond donors (Lipinski definition) is 3. The molecule has 6 heteroatoms. The number of aliphatic hydroxyl groups is 1. The molecule has 1 aromatic carbocycles. The molecule has 0 spiro atoms. The molecule has 1 heterocycles. The largest absolute Gasteiger partial charge is 0.478 e. The number of rotatable bonds is 7. The van der Waals surface area contributed by atoms with E-state index >= 15 is 0 Å². The normalized spacial score (nSPS) is 10.8. The zero-order valence-electron chi connectivity index (χ0n) is 11.9. The molecule has 2 rings (SSSR count). The molecule has 114 valence electrons. The predicted octanol–water partition coefficient (Wildman–Crippen LogP) is 2.04. The van der Waals surface area contributed by atoms with Crippen LogP contribution < -0.4 is 5.32 Å². The van der Waals surface area contributed by atoms with Crippen molar-refractivity contribution in [3.05, 3.63) is 48.3 Å². The van der Waals surface area contributed by atoms with Gasteiger partial charge in [-0.25, -0.2) is 9.78 Å². The number of carbonyl (C=O) groups is 1. The van der Waals surface area contributed by atoms with E-state index in [4.69, 9.17) is 10.2 Å². The number of aromatic nitrogens is 2. The monoisotopic (exact) mass is 299 g/mol. The van der Waals surface area contributed by atoms with Crippen molar-refractivity contribution in [3.8, 4) is 11.3 Å². The Kier molecular flexibility index (Phi) is 5.62. The lowest BCUT2D eigenvalue weighted by Gasteiger charge is -2.07. The van der Waals surface area contributed by atoms with Crippen LogP contribution in [-0.2, 0) is 4.79 Å². The van der Waals surface area contributed by atoms with E-state index in [1.165, 1.54) is 6.08 Å². The second kappa shape index (κ2) is 7.90. The number of aliphatic carboxylic acids is 1. The molecule has 0 amide bonds. The van der Waals surface area contributed by atoms with Gasteiger partial charge in [-0.2, -0.15) is 0 Å². The number of anilines is 1. The van der Waals surface area contributed by atoms with Crippen molar-refractivity contribution in [1.29, 1.82) is 0 Å². The molecule has 2 aromatic rings. The van der Waals surface area contributed by atoms with E-state index in [0.717, 1.165) is 17.2 Å². The molecular formula is C16H17N3O3. The molecule has 0 aliphatic carbocycles. The van der Waals surface area contributed by atoms with Gasteiger partial charge in [-0.15, -0.1) is 0 Å². The summed E-state index contributed by atoms with van der Waals surface area (Å²) < 4.78 is 0. The van der Waals surface area contributed by atoms with Crippen LogP contribution in [-0.4, -0.2) is 39.3 Å². The van der Waals surface area contributed by atoms with Crippen LogP contribution in [0.25, 0.3) is 17.3 Å². The van der Waals surface area contributed by atoms with Crippen LogP contribution in [0.5, 0.6) is 0 Å². The average molecular weight is 299 g/mol. The Bertz CT molecular complexity index is 671. The van der Waals surface area contributed by atoms with E-state index in [1.807, 2.05) is 24.3 Å². The van der Waals surface area contributed by atoms with Gasteiger partial charge in [-0.3, -0.25) is 4.98 Å². The summed E-state index contributed by atoms with van der Waals surface area (Å²) in [6.45, 7) is 0.744. The number of carboxylic acids is 1. The third-order valence-electron chi connectivity index (χ3n) is 2.88. The average Bonchev–Trinajstić information content (AvgIpc) is 2.54. The summed E-state index contributed by atoms with van der Waals surface area (Å²) >= 11 is 0. The first-order valence-corrected chi connectivity index (χ1v) is 6.87. The second-order valence-corrected chi connectivity index (χ2v) is 4.59. The third-order valence-corrected chi connectivity index (χ3v) is 2.88. The Morgan fingerprint density at radius 2 is 2.18 bits per heavy atom. The second-order valence-electron chi connectivity index (χ2n) is 4.59. The van der Waals surface area contributed by atoms with Crippen LogP contribution >= 0.6 is 0 Å². The number of aliphatic hydroxyl groups excluding tert-OH is 1. The van der Waals surface area contributed by atoms with E-state index in [9.17, 15) is 4.79 Å². The number of hydrogen-bond acceptors (Lipinski definition) is 5. The van der Waals surface area contributed by atoms with Crippen molar-refractivity contribution < 1.29 is 15.0 Å².